The number of phenolic OH excluding ortho intramolecular Hbond substituents is 1. The van der Waals surface area contributed by atoms with E-state index in [2.05, 4.69) is 47.9 Å². The molecule has 9 atom stereocenters. The Labute approximate surface area is 656 Å². The molecule has 110 heavy (non-hydrogen) atoms. The van der Waals surface area contributed by atoms with Gasteiger partial charge in [-0.1, -0.05) is 185 Å². The number of Topliss-reactive ketones (excluding diaryl/α,β-unsaturated/α-hetero) is 1. The molecule has 6 aromatic rings. The molecule has 2 heterocycles. The van der Waals surface area contributed by atoms with Gasteiger partial charge in [-0.05, 0) is 156 Å². The lowest BCUT2D eigenvalue weighted by Crippen LogP contribution is -2.64. The Kier molecular flexibility index (Phi) is 31.0. The van der Waals surface area contributed by atoms with Gasteiger partial charge in [0.2, 0.25) is 41.4 Å². The fourth-order valence-corrected chi connectivity index (χ4v) is 18.0. The van der Waals surface area contributed by atoms with E-state index in [1.807, 2.05) is 135 Å². The number of aliphatic hydroxyl groups excluding tert-OH is 1. The predicted octanol–water partition coefficient (Wildman–Crippen LogP) is 9.37. The number of nitrogens with one attached hydrogen (secondary N) is 9. The third-order valence-corrected chi connectivity index (χ3v) is 23.7. The number of thioether (sulfide) groups is 1. The standard InChI is InChI=1S/C84H104N10O13S3/c1-8-85-80(105)91-66(49-55-28-14-9-15-29-55)75(100)89-68-52-108-109-53-69(77(102)93-72(79(104)94-46-26-13-27-47-94)83(6,7)110-84(60-31-16-10-17-32-60,61-33-18-11-19-34-61)62-35-20-12-21-36-62)90-78(103)71(54(2)95)92-74(99)65(38-24-25-45-86-81(106)107-82(3,4)5)87-76(101)67(50-58-42-41-57-30-22-23-37-64(57)58)88-73(98)59(51-70(68)97)48-56-39-43-63(96)44-40-56/h9-12,14-23,28-37,39-40,42-44,54,59,65-69,71-72,95-96H,8,13,24-27,38,41,45-53H2,1-7H3,(H,86,106)(H,87,101)(H,88,98)(H,89,100)(H,90,103)(H,92,99)(H,93,102)(H2,85,91,105)/t54-,59-,65+,66-,67-,68+,69+,71+,72-/m1/s1. The first kappa shape index (κ1) is 84.4. The molecule has 3 aliphatic rings. The first-order chi connectivity index (χ1) is 52.7. The zero-order valence-corrected chi connectivity index (χ0v) is 66.0. The molecule has 6 aromatic carbocycles. The number of fused-ring (bicyclic) bond motifs is 1. The smallest absolute Gasteiger partial charge is 0.407 e. The van der Waals surface area contributed by atoms with Gasteiger partial charge >= 0.3 is 12.1 Å². The van der Waals surface area contributed by atoms with Crippen LogP contribution in [0, 0.1) is 5.92 Å². The second-order valence-electron chi connectivity index (χ2n) is 29.6. The van der Waals surface area contributed by atoms with Gasteiger partial charge in [-0.3, -0.25) is 38.4 Å². The van der Waals surface area contributed by atoms with Crippen LogP contribution in [0.3, 0.4) is 0 Å². The average molecular weight is 1560 g/mol. The number of ketones is 1. The predicted molar refractivity (Wildman–Crippen MR) is 431 cm³/mol. The summed E-state index contributed by atoms with van der Waals surface area (Å²) < 4.78 is 3.22. The fraction of sp³-hybridized carbons (Fsp3) is 0.429. The molecule has 1 aliphatic carbocycles. The number of unbranched alkanes of at least 4 members (excludes halogenated alkanes) is 1. The summed E-state index contributed by atoms with van der Waals surface area (Å²) in [6, 6.07) is 41.4. The van der Waals surface area contributed by atoms with Crippen molar-refractivity contribution in [1.82, 2.24) is 52.8 Å². The number of phenols is 1. The van der Waals surface area contributed by atoms with Crippen LogP contribution >= 0.6 is 33.3 Å². The molecule has 0 radical (unpaired) electrons. The maximum Gasteiger partial charge on any atom is 0.407 e. The number of ether oxygens (including phenoxy) is 1. The Morgan fingerprint density at radius 2 is 1.22 bits per heavy atom. The lowest BCUT2D eigenvalue weighted by atomic mass is 9.84. The molecule has 10 amide bonds. The normalized spacial score (nSPS) is 20.1. The highest BCUT2D eigenvalue weighted by atomic mass is 33.1. The van der Waals surface area contributed by atoms with E-state index >= 15 is 33.6 Å². The highest BCUT2D eigenvalue weighted by molar-refractivity contribution is 8.76. The van der Waals surface area contributed by atoms with Gasteiger partial charge in [0.25, 0.3) is 0 Å². The van der Waals surface area contributed by atoms with Crippen LogP contribution in [-0.2, 0) is 67.1 Å². The number of likely N-dealkylation sites (tertiary alicyclic amines) is 1. The summed E-state index contributed by atoms with van der Waals surface area (Å²) >= 11 is 1.49. The molecule has 26 heteroatoms. The van der Waals surface area contributed by atoms with Crippen molar-refractivity contribution in [1.29, 1.82) is 0 Å². The van der Waals surface area contributed by atoms with Crippen molar-refractivity contribution in [3.63, 3.8) is 0 Å². The van der Waals surface area contributed by atoms with Crippen molar-refractivity contribution >= 4 is 98.2 Å². The Bertz CT molecular complexity index is 4050. The number of benzene rings is 6. The van der Waals surface area contributed by atoms with Crippen molar-refractivity contribution in [2.75, 3.05) is 37.7 Å². The van der Waals surface area contributed by atoms with Gasteiger partial charge < -0.3 is 67.7 Å². The van der Waals surface area contributed by atoms with Crippen LogP contribution in [-0.4, -0.2) is 171 Å². The van der Waals surface area contributed by atoms with E-state index in [1.165, 1.54) is 30.8 Å². The number of urea groups is 1. The van der Waals surface area contributed by atoms with Crippen LogP contribution in [0.5, 0.6) is 5.75 Å². The summed E-state index contributed by atoms with van der Waals surface area (Å²) in [5.74, 6) is -7.95. The maximum atomic E-state index is 16.0. The van der Waals surface area contributed by atoms with E-state index in [9.17, 15) is 24.6 Å². The van der Waals surface area contributed by atoms with Gasteiger partial charge in [0.15, 0.2) is 5.78 Å². The number of nitrogens with zero attached hydrogens (tertiary/aromatic N) is 1. The van der Waals surface area contributed by atoms with Crippen molar-refractivity contribution in [2.45, 2.75) is 183 Å². The third kappa shape index (κ3) is 23.9. The van der Waals surface area contributed by atoms with Crippen LogP contribution in [0.15, 0.2) is 176 Å². The fourth-order valence-electron chi connectivity index (χ4n) is 13.8. The average Bonchev–Trinajstić information content (AvgIpc) is 0.853. The minimum absolute atomic E-state index is 0.00172. The lowest BCUT2D eigenvalue weighted by molar-refractivity contribution is -0.139. The van der Waals surface area contributed by atoms with E-state index in [0.29, 0.717) is 36.2 Å². The molecule has 0 aromatic heterocycles. The van der Waals surface area contributed by atoms with E-state index in [1.54, 1.807) is 75.1 Å². The first-order valence-electron chi connectivity index (χ1n) is 37.7. The van der Waals surface area contributed by atoms with Gasteiger partial charge in [0.1, 0.15) is 47.6 Å². The third-order valence-electron chi connectivity index (χ3n) is 19.5. The van der Waals surface area contributed by atoms with Gasteiger partial charge in [-0.25, -0.2) is 9.59 Å². The zero-order chi connectivity index (χ0) is 79.0. The number of aliphatic hydroxyl groups is 1. The maximum absolute atomic E-state index is 16.0. The number of alkyl carbamates (subject to hydrolysis) is 1. The highest BCUT2D eigenvalue weighted by Crippen LogP contribution is 2.54. The number of amides is 10. The van der Waals surface area contributed by atoms with E-state index < -0.39 is 129 Å². The zero-order valence-electron chi connectivity index (χ0n) is 63.5. The lowest BCUT2D eigenvalue weighted by Gasteiger charge is -2.45. The molecule has 2 fully saturated rings. The SMILES string of the molecule is CCNC(=O)N[C@H](Cc1ccccc1)C(=O)N[C@H]1CSSC[C@@H](C(=O)N[C@H](C(=O)N2CCCCC2)C(C)(C)SC(c2ccccc2)(c2ccccc2)c2ccccc2)NC(=O)[C@H]([C@@H](C)O)NC(=O)[C@H](CCCCNC(=O)OC(C)(C)C)NC(=O)[C@@H](CC2=CCc3ccccc32)NC(=O)[C@H](Cc2ccc(O)cc2)CC1=O. The van der Waals surface area contributed by atoms with Crippen LogP contribution in [0.4, 0.5) is 9.59 Å². The number of carbonyl (C=O) groups is 10. The van der Waals surface area contributed by atoms with Crippen molar-refractivity contribution in [3.05, 3.63) is 215 Å². The van der Waals surface area contributed by atoms with E-state index in [0.717, 1.165) is 68.7 Å². The van der Waals surface area contributed by atoms with Gasteiger partial charge in [0.05, 0.1) is 16.9 Å². The van der Waals surface area contributed by atoms with Crippen molar-refractivity contribution in [3.8, 4) is 5.75 Å². The van der Waals surface area contributed by atoms with E-state index in [4.69, 9.17) is 4.74 Å². The van der Waals surface area contributed by atoms with Gasteiger partial charge in [-0.15, -0.1) is 11.8 Å². The van der Waals surface area contributed by atoms with Gasteiger partial charge in [0, 0.05) is 67.6 Å². The van der Waals surface area contributed by atoms with Crippen molar-refractivity contribution in [2.24, 2.45) is 5.92 Å². The number of piperidine rings is 1. The molecule has 23 nitrogen and oxygen atoms in total. The first-order valence-corrected chi connectivity index (χ1v) is 41.1. The Morgan fingerprint density at radius 1 is 0.636 bits per heavy atom. The second kappa shape index (κ2) is 40.4. The number of carbonyl (C=O) groups excluding carboxylic acids is 10. The second-order valence-corrected chi connectivity index (χ2v) is 34.0. The molecule has 0 unspecified atom stereocenters. The molecule has 9 rings (SSSR count). The molecule has 0 saturated carbocycles. The quantitative estimate of drug-likeness (QED) is 0.0144. The van der Waals surface area contributed by atoms with Crippen LogP contribution in [0.2, 0.25) is 0 Å². The van der Waals surface area contributed by atoms with Gasteiger partial charge in [-0.2, -0.15) is 0 Å². The topological polar surface area (TPSA) is 332 Å². The molecule has 11 N–H and O–H groups in total. The largest absolute Gasteiger partial charge is 0.508 e. The number of hydrogen-bond acceptors (Lipinski definition) is 16. The van der Waals surface area contributed by atoms with Crippen LogP contribution in [0.1, 0.15) is 139 Å². The van der Waals surface area contributed by atoms with Crippen molar-refractivity contribution < 1.29 is 62.9 Å². The minimum atomic E-state index is -1.80. The number of aromatic hydroxyl groups is 1. The summed E-state index contributed by atoms with van der Waals surface area (Å²) in [5.41, 5.74) is 5.60. The molecule has 586 valence electrons. The molecule has 2 aliphatic heterocycles. The number of hydrogen-bond donors (Lipinski definition) is 11. The Morgan fingerprint density at radius 3 is 1.83 bits per heavy atom. The molecule has 0 spiro atoms. The Balaban J connectivity index is 1.13. The molecule has 2 saturated heterocycles. The number of rotatable bonds is 25. The Hall–Kier alpha value is -9.63. The minimum Gasteiger partial charge on any atom is -0.508 e. The molecular weight excluding hydrogens is 1450 g/mol. The summed E-state index contributed by atoms with van der Waals surface area (Å²) in [7, 11) is 2.08. The number of allylic oxidation sites excluding steroid dienone is 1. The summed E-state index contributed by atoms with van der Waals surface area (Å²) in [4.78, 5) is 152. The summed E-state index contributed by atoms with van der Waals surface area (Å²) in [6.07, 6.45) is 2.05. The molecular formula is C84H104N10O13S3. The summed E-state index contributed by atoms with van der Waals surface area (Å²) in [6.45, 7) is 13.1. The monoisotopic (exact) mass is 1560 g/mol. The van der Waals surface area contributed by atoms with Crippen LogP contribution in [0.25, 0.3) is 5.57 Å². The highest BCUT2D eigenvalue weighted by Gasteiger charge is 2.49. The van der Waals surface area contributed by atoms with E-state index in [-0.39, 0.29) is 74.8 Å². The molecule has 0 bridgehead atoms. The summed E-state index contributed by atoms with van der Waals surface area (Å²) in [5, 5.41) is 47.7. The van der Waals surface area contributed by atoms with Crippen LogP contribution < -0.4 is 47.9 Å².